The first-order valence-electron chi connectivity index (χ1n) is 3.10. The summed E-state index contributed by atoms with van der Waals surface area (Å²) in [6, 6.07) is 8.92. The Balaban J connectivity index is 3.02. The maximum atomic E-state index is 8.45. The summed E-state index contributed by atoms with van der Waals surface area (Å²) in [6.45, 7) is 3.34. The number of hydrogen-bond acceptors (Lipinski definition) is 2. The van der Waals surface area contributed by atoms with Gasteiger partial charge >= 0.3 is 0 Å². The van der Waals surface area contributed by atoms with Crippen LogP contribution in [0.1, 0.15) is 5.56 Å². The van der Waals surface area contributed by atoms with Gasteiger partial charge in [0.05, 0.1) is 17.3 Å². The Morgan fingerprint density at radius 3 is 2.36 bits per heavy atom. The zero-order chi connectivity index (χ0) is 8.10. The van der Waals surface area contributed by atoms with Crippen LogP contribution in [-0.2, 0) is 0 Å². The van der Waals surface area contributed by atoms with Gasteiger partial charge in [0.1, 0.15) is 0 Å². The summed E-state index contributed by atoms with van der Waals surface area (Å²) in [5.74, 6) is 2.41. The van der Waals surface area contributed by atoms with Crippen molar-refractivity contribution in [3.63, 3.8) is 0 Å². The average Bonchev–Trinajstić information content (AvgIpc) is 2.07. The molecule has 1 rings (SSSR count). The zero-order valence-corrected chi connectivity index (χ0v) is 5.91. The summed E-state index contributed by atoms with van der Waals surface area (Å²) in [5, 5.41) is 8.45. The number of nitriles is 1. The van der Waals surface area contributed by atoms with Crippen LogP contribution in [0.3, 0.4) is 0 Å². The van der Waals surface area contributed by atoms with Gasteiger partial charge in [0.15, 0.2) is 0 Å². The van der Waals surface area contributed by atoms with Crippen molar-refractivity contribution in [1.82, 2.24) is 0 Å². The number of hydrogen-bond donors (Lipinski definition) is 0. The molecule has 0 aliphatic heterocycles. The Bertz CT molecular complexity index is 324. The molecule has 0 unspecified atom stereocenters. The predicted molar refractivity (Wildman–Crippen MR) is 43.9 cm³/mol. The SMILES string of the molecule is C=C=Nc1ccc(C#N)cc1. The summed E-state index contributed by atoms with van der Waals surface area (Å²) >= 11 is 0. The first-order chi connectivity index (χ1) is 5.36. The van der Waals surface area contributed by atoms with Crippen LogP contribution >= 0.6 is 0 Å². The minimum atomic E-state index is 0.632. The summed E-state index contributed by atoms with van der Waals surface area (Å²) in [7, 11) is 0. The Kier molecular flexibility index (Phi) is 2.22. The number of nitrogens with zero attached hydrogens (tertiary/aromatic N) is 2. The van der Waals surface area contributed by atoms with Gasteiger partial charge in [-0.2, -0.15) is 5.26 Å². The molecule has 0 spiro atoms. The molecular weight excluding hydrogens is 136 g/mol. The fourth-order valence-electron chi connectivity index (χ4n) is 0.702. The summed E-state index contributed by atoms with van der Waals surface area (Å²) in [5.41, 5.74) is 1.40. The molecule has 52 valence electrons. The molecule has 1 aromatic rings. The molecule has 0 aliphatic rings. The summed E-state index contributed by atoms with van der Waals surface area (Å²) < 4.78 is 0. The van der Waals surface area contributed by atoms with Gasteiger partial charge in [-0.1, -0.05) is 0 Å². The van der Waals surface area contributed by atoms with Crippen molar-refractivity contribution in [2.24, 2.45) is 4.99 Å². The number of rotatable bonds is 1. The highest BCUT2D eigenvalue weighted by atomic mass is 14.7. The zero-order valence-electron chi connectivity index (χ0n) is 5.91. The molecule has 0 N–H and O–H groups in total. The van der Waals surface area contributed by atoms with Crippen molar-refractivity contribution in [1.29, 1.82) is 5.26 Å². The van der Waals surface area contributed by atoms with Gasteiger partial charge in [0.25, 0.3) is 0 Å². The van der Waals surface area contributed by atoms with Crippen molar-refractivity contribution in [3.8, 4) is 6.07 Å². The van der Waals surface area contributed by atoms with Gasteiger partial charge in [-0.05, 0) is 36.7 Å². The lowest BCUT2D eigenvalue weighted by molar-refractivity contribution is 1.47. The molecule has 0 heterocycles. The molecule has 1 aromatic carbocycles. The second kappa shape index (κ2) is 3.36. The van der Waals surface area contributed by atoms with Crippen LogP contribution < -0.4 is 0 Å². The fraction of sp³-hybridized carbons (Fsp3) is 0. The Labute approximate surface area is 65.1 Å². The minimum Gasteiger partial charge on any atom is -0.207 e. The fourth-order valence-corrected chi connectivity index (χ4v) is 0.702. The Morgan fingerprint density at radius 1 is 1.27 bits per heavy atom. The third kappa shape index (κ3) is 1.79. The molecule has 0 aliphatic carbocycles. The Hall–Kier alpha value is -1.84. The molecule has 2 heteroatoms. The van der Waals surface area contributed by atoms with E-state index in [4.69, 9.17) is 5.26 Å². The number of aliphatic imine (C=N–C) groups is 1. The third-order valence-electron chi connectivity index (χ3n) is 1.20. The molecule has 0 atom stereocenters. The molecule has 0 bridgehead atoms. The van der Waals surface area contributed by atoms with Crippen LogP contribution in [-0.4, -0.2) is 5.87 Å². The van der Waals surface area contributed by atoms with E-state index >= 15 is 0 Å². The lowest BCUT2D eigenvalue weighted by Gasteiger charge is -1.88. The molecule has 0 saturated heterocycles. The van der Waals surface area contributed by atoms with Crippen LogP contribution in [0.15, 0.2) is 35.8 Å². The maximum Gasteiger partial charge on any atom is 0.0991 e. The Morgan fingerprint density at radius 2 is 1.91 bits per heavy atom. The lowest BCUT2D eigenvalue weighted by atomic mass is 10.2. The van der Waals surface area contributed by atoms with Crippen LogP contribution in [0.2, 0.25) is 0 Å². The van der Waals surface area contributed by atoms with E-state index < -0.39 is 0 Å². The first kappa shape index (κ1) is 7.27. The van der Waals surface area contributed by atoms with E-state index in [-0.39, 0.29) is 0 Å². The maximum absolute atomic E-state index is 8.45. The largest absolute Gasteiger partial charge is 0.207 e. The van der Waals surface area contributed by atoms with Gasteiger partial charge in [0, 0.05) is 0 Å². The normalized spacial score (nSPS) is 7.91. The van der Waals surface area contributed by atoms with Crippen LogP contribution in [0.4, 0.5) is 5.69 Å². The minimum absolute atomic E-state index is 0.632. The topological polar surface area (TPSA) is 36.1 Å². The quantitative estimate of drug-likeness (QED) is 0.553. The van der Waals surface area contributed by atoms with Crippen molar-refractivity contribution in [3.05, 3.63) is 36.4 Å². The van der Waals surface area contributed by atoms with Crippen molar-refractivity contribution in [2.75, 3.05) is 0 Å². The van der Waals surface area contributed by atoms with Gasteiger partial charge < -0.3 is 0 Å². The van der Waals surface area contributed by atoms with Crippen molar-refractivity contribution in [2.45, 2.75) is 0 Å². The van der Waals surface area contributed by atoms with Crippen LogP contribution in [0.25, 0.3) is 0 Å². The molecule has 2 nitrogen and oxygen atoms in total. The molecular formula is C9H6N2. The second-order valence-corrected chi connectivity index (χ2v) is 1.93. The van der Waals surface area contributed by atoms with E-state index in [9.17, 15) is 0 Å². The molecule has 0 saturated carbocycles. The van der Waals surface area contributed by atoms with Gasteiger partial charge in [-0.3, -0.25) is 0 Å². The van der Waals surface area contributed by atoms with Gasteiger partial charge in [-0.15, -0.1) is 0 Å². The second-order valence-electron chi connectivity index (χ2n) is 1.93. The molecule has 0 fully saturated rings. The van der Waals surface area contributed by atoms with E-state index in [0.29, 0.717) is 5.56 Å². The van der Waals surface area contributed by atoms with Gasteiger partial charge in [-0.25, -0.2) is 4.99 Å². The van der Waals surface area contributed by atoms with Crippen molar-refractivity contribution < 1.29 is 0 Å². The third-order valence-corrected chi connectivity index (χ3v) is 1.20. The monoisotopic (exact) mass is 142 g/mol. The van der Waals surface area contributed by atoms with E-state index in [0.717, 1.165) is 5.69 Å². The van der Waals surface area contributed by atoms with Crippen LogP contribution in [0, 0.1) is 11.3 Å². The van der Waals surface area contributed by atoms with E-state index in [1.807, 2.05) is 6.07 Å². The van der Waals surface area contributed by atoms with Gasteiger partial charge in [0.2, 0.25) is 0 Å². The summed E-state index contributed by atoms with van der Waals surface area (Å²) in [6.07, 6.45) is 0. The number of benzene rings is 1. The highest BCUT2D eigenvalue weighted by molar-refractivity contribution is 5.56. The highest BCUT2D eigenvalue weighted by Crippen LogP contribution is 2.10. The molecule has 0 aromatic heterocycles. The van der Waals surface area contributed by atoms with Crippen LogP contribution in [0.5, 0.6) is 0 Å². The lowest BCUT2D eigenvalue weighted by Crippen LogP contribution is -1.69. The molecule has 0 amide bonds. The first-order valence-corrected chi connectivity index (χ1v) is 3.10. The van der Waals surface area contributed by atoms with Crippen molar-refractivity contribution >= 4 is 11.6 Å². The predicted octanol–water partition coefficient (Wildman–Crippen LogP) is 2.05. The molecule has 0 radical (unpaired) electrons. The molecule has 11 heavy (non-hydrogen) atoms. The highest BCUT2D eigenvalue weighted by Gasteiger charge is 1.88. The average molecular weight is 142 g/mol. The van der Waals surface area contributed by atoms with E-state index in [2.05, 4.69) is 17.4 Å². The standard InChI is InChI=1S/C9H6N2/c1-2-11-9-5-3-8(7-10)4-6-9/h3-6H,1H2. The van der Waals surface area contributed by atoms with E-state index in [1.54, 1.807) is 24.3 Å². The summed E-state index contributed by atoms with van der Waals surface area (Å²) in [4.78, 5) is 3.81. The van der Waals surface area contributed by atoms with E-state index in [1.165, 1.54) is 0 Å². The smallest absolute Gasteiger partial charge is 0.0991 e.